The molecule has 48 heavy (non-hydrogen) atoms. The number of ketones is 2. The van der Waals surface area contributed by atoms with Crippen LogP contribution < -0.4 is 27.0 Å². The first-order valence-electron chi connectivity index (χ1n) is 17.1. The molecule has 0 spiro atoms. The number of anilines is 1. The van der Waals surface area contributed by atoms with Crippen molar-refractivity contribution in [1.29, 1.82) is 0 Å². The first-order valence-corrected chi connectivity index (χ1v) is 17.1. The van der Waals surface area contributed by atoms with Gasteiger partial charge in [0, 0.05) is 45.0 Å². The van der Waals surface area contributed by atoms with Gasteiger partial charge in [-0.25, -0.2) is 0 Å². The molecule has 0 heterocycles. The molecular weight excluding hydrogens is 602 g/mol. The third-order valence-electron chi connectivity index (χ3n) is 8.24. The van der Waals surface area contributed by atoms with Gasteiger partial charge in [-0.3, -0.25) is 19.2 Å². The normalized spacial score (nSPS) is 12.9. The second kappa shape index (κ2) is 20.9. The molecule has 9 heteroatoms. The average Bonchev–Trinajstić information content (AvgIpc) is 3.06. The number of hydrogen-bond acceptors (Lipinski definition) is 7. The molecule has 2 amide bonds. The third-order valence-corrected chi connectivity index (χ3v) is 8.24. The molecule has 0 saturated heterocycles. The second-order valence-corrected chi connectivity index (χ2v) is 12.8. The first kappa shape index (κ1) is 38.3. The van der Waals surface area contributed by atoms with Crippen LogP contribution in [0.1, 0.15) is 64.0 Å². The molecule has 0 aliphatic carbocycles. The molecule has 0 fully saturated rings. The molecule has 0 unspecified atom stereocenters. The minimum atomic E-state index is -0.325. The number of rotatable bonds is 22. The number of aryl methyl sites for hydroxylation is 1. The van der Waals surface area contributed by atoms with Crippen LogP contribution in [-0.4, -0.2) is 61.6 Å². The van der Waals surface area contributed by atoms with Gasteiger partial charge in [0.25, 0.3) is 0 Å². The van der Waals surface area contributed by atoms with E-state index in [-0.39, 0.29) is 47.9 Å². The monoisotopic (exact) mass is 655 g/mol. The lowest BCUT2D eigenvalue weighted by Crippen LogP contribution is -2.42. The van der Waals surface area contributed by atoms with Gasteiger partial charge < -0.3 is 27.0 Å². The van der Waals surface area contributed by atoms with Crippen molar-refractivity contribution >= 4 is 29.1 Å². The first-order chi connectivity index (χ1) is 23.1. The van der Waals surface area contributed by atoms with E-state index in [1.165, 1.54) is 25.0 Å². The predicted octanol–water partition coefficient (Wildman–Crippen LogP) is 4.83. The van der Waals surface area contributed by atoms with Gasteiger partial charge in [-0.2, -0.15) is 0 Å². The van der Waals surface area contributed by atoms with Crippen LogP contribution in [0.2, 0.25) is 0 Å². The summed E-state index contributed by atoms with van der Waals surface area (Å²) < 4.78 is 0. The van der Waals surface area contributed by atoms with Crippen molar-refractivity contribution in [3.63, 3.8) is 0 Å². The number of carbonyl (C=O) groups is 4. The van der Waals surface area contributed by atoms with Crippen LogP contribution in [0.3, 0.4) is 0 Å². The van der Waals surface area contributed by atoms with E-state index in [0.29, 0.717) is 45.3 Å². The number of benzene rings is 3. The lowest BCUT2D eigenvalue weighted by molar-refractivity contribution is -0.124. The molecular formula is C39H53N5O4. The van der Waals surface area contributed by atoms with Gasteiger partial charge >= 0.3 is 0 Å². The molecule has 3 atom stereocenters. The molecule has 3 aromatic rings. The minimum absolute atomic E-state index is 0.0245. The quantitative estimate of drug-likeness (QED) is 0.0976. The van der Waals surface area contributed by atoms with E-state index >= 15 is 0 Å². The lowest BCUT2D eigenvalue weighted by Gasteiger charge is -2.21. The molecule has 0 aliphatic heterocycles. The fraction of sp³-hybridized carbons (Fsp3) is 0.436. The van der Waals surface area contributed by atoms with Crippen molar-refractivity contribution in [2.75, 3.05) is 31.5 Å². The fourth-order valence-electron chi connectivity index (χ4n) is 5.63. The highest BCUT2D eigenvalue weighted by atomic mass is 16.2. The highest BCUT2D eigenvalue weighted by Crippen LogP contribution is 2.23. The van der Waals surface area contributed by atoms with Gasteiger partial charge in [0.1, 0.15) is 5.78 Å². The van der Waals surface area contributed by atoms with Crippen LogP contribution in [0.5, 0.6) is 0 Å². The van der Waals surface area contributed by atoms with E-state index in [9.17, 15) is 19.2 Å². The van der Waals surface area contributed by atoms with Gasteiger partial charge in [0.05, 0.1) is 12.6 Å². The summed E-state index contributed by atoms with van der Waals surface area (Å²) in [6.45, 7) is 6.90. The highest BCUT2D eigenvalue weighted by molar-refractivity contribution is 5.89. The zero-order valence-electron chi connectivity index (χ0n) is 28.7. The standard InChI is InChI=1S/C39H53N5O4/c1-28(24-32-11-14-33(15-12-32)34-16-19-36(20-17-34)44-30(3)46)25-39(48)38(42-22-7-10-37(47)27-43-29(2)45)21-23-41-26-35(40)18-13-31-8-5-4-6-9-31/h4-6,8-9,11-12,14-17,19-20,28,35,38,41-42H,7,10,13,18,21-27,40H2,1-3H3,(H,43,45)(H,44,46)/t28-,35-,38-/m0/s1. The van der Waals surface area contributed by atoms with Crippen molar-refractivity contribution in [3.8, 4) is 11.1 Å². The van der Waals surface area contributed by atoms with Gasteiger partial charge in [0.2, 0.25) is 11.8 Å². The zero-order chi connectivity index (χ0) is 34.7. The van der Waals surface area contributed by atoms with Crippen molar-refractivity contribution in [3.05, 3.63) is 90.0 Å². The number of amides is 2. The van der Waals surface area contributed by atoms with Crippen molar-refractivity contribution in [1.82, 2.24) is 16.0 Å². The highest BCUT2D eigenvalue weighted by Gasteiger charge is 2.20. The molecule has 0 radical (unpaired) electrons. The number of Topliss-reactive ketones (excluding diaryl/α,β-unsaturated/α-hetero) is 2. The Hall–Kier alpha value is -4.18. The molecule has 3 aromatic carbocycles. The second-order valence-electron chi connectivity index (χ2n) is 12.8. The Labute approximate surface area is 285 Å². The Bertz CT molecular complexity index is 1430. The number of hydrogen-bond donors (Lipinski definition) is 5. The molecule has 0 aromatic heterocycles. The Morgan fingerprint density at radius 2 is 1.44 bits per heavy atom. The molecule has 6 N–H and O–H groups in total. The summed E-state index contributed by atoms with van der Waals surface area (Å²) in [4.78, 5) is 48.0. The lowest BCUT2D eigenvalue weighted by atomic mass is 9.92. The summed E-state index contributed by atoms with van der Waals surface area (Å²) in [6, 6.07) is 26.2. The maximum Gasteiger partial charge on any atom is 0.221 e. The number of carbonyl (C=O) groups excluding carboxylic acids is 4. The molecule has 0 bridgehead atoms. The van der Waals surface area contributed by atoms with Gasteiger partial charge in [-0.15, -0.1) is 0 Å². The van der Waals surface area contributed by atoms with Gasteiger partial charge in [-0.05, 0) is 85.5 Å². The predicted molar refractivity (Wildman–Crippen MR) is 194 cm³/mol. The van der Waals surface area contributed by atoms with Crippen LogP contribution in [0, 0.1) is 5.92 Å². The SMILES string of the molecule is CC(=O)NCC(=O)CCCN[C@@H](CCNC[C@@H](N)CCc1ccccc1)C(=O)C[C@@H](C)Cc1ccc(-c2ccc(NC(C)=O)cc2)cc1. The van der Waals surface area contributed by atoms with Crippen LogP contribution in [0.25, 0.3) is 11.1 Å². The molecule has 0 aliphatic rings. The summed E-state index contributed by atoms with van der Waals surface area (Å²) in [5.74, 6) is -0.0249. The van der Waals surface area contributed by atoms with E-state index in [2.05, 4.69) is 64.6 Å². The van der Waals surface area contributed by atoms with Gasteiger partial charge in [-0.1, -0.05) is 73.7 Å². The van der Waals surface area contributed by atoms with Gasteiger partial charge in [0.15, 0.2) is 5.78 Å². The number of nitrogens with one attached hydrogen (secondary N) is 4. The maximum absolute atomic E-state index is 13.5. The summed E-state index contributed by atoms with van der Waals surface area (Å²) in [7, 11) is 0. The van der Waals surface area contributed by atoms with Crippen molar-refractivity contribution in [2.45, 2.75) is 77.8 Å². The van der Waals surface area contributed by atoms with E-state index in [1.54, 1.807) is 0 Å². The fourth-order valence-corrected chi connectivity index (χ4v) is 5.63. The largest absolute Gasteiger partial charge is 0.349 e. The minimum Gasteiger partial charge on any atom is -0.349 e. The van der Waals surface area contributed by atoms with Crippen LogP contribution in [-0.2, 0) is 32.0 Å². The Balaban J connectivity index is 1.49. The Morgan fingerprint density at radius 3 is 2.08 bits per heavy atom. The van der Waals surface area contributed by atoms with E-state index in [1.807, 2.05) is 42.5 Å². The van der Waals surface area contributed by atoms with Crippen molar-refractivity contribution in [2.24, 2.45) is 11.7 Å². The number of nitrogens with two attached hydrogens (primary N) is 1. The summed E-state index contributed by atoms with van der Waals surface area (Å²) in [6.07, 6.45) is 4.61. The van der Waals surface area contributed by atoms with E-state index in [0.717, 1.165) is 36.1 Å². The van der Waals surface area contributed by atoms with E-state index in [4.69, 9.17) is 5.73 Å². The summed E-state index contributed by atoms with van der Waals surface area (Å²) in [5, 5.41) is 12.2. The third kappa shape index (κ3) is 15.2. The maximum atomic E-state index is 13.5. The Kier molecular flexibility index (Phi) is 16.7. The molecule has 258 valence electrons. The molecule has 9 nitrogen and oxygen atoms in total. The van der Waals surface area contributed by atoms with Crippen LogP contribution in [0.15, 0.2) is 78.9 Å². The van der Waals surface area contributed by atoms with Crippen LogP contribution in [0.4, 0.5) is 5.69 Å². The summed E-state index contributed by atoms with van der Waals surface area (Å²) in [5.41, 5.74) is 11.7. The topological polar surface area (TPSA) is 142 Å². The average molecular weight is 656 g/mol. The van der Waals surface area contributed by atoms with E-state index < -0.39 is 0 Å². The Morgan fingerprint density at radius 1 is 0.771 bits per heavy atom. The van der Waals surface area contributed by atoms with Crippen molar-refractivity contribution < 1.29 is 19.2 Å². The summed E-state index contributed by atoms with van der Waals surface area (Å²) >= 11 is 0. The molecule has 0 saturated carbocycles. The zero-order valence-corrected chi connectivity index (χ0v) is 28.7. The smallest absolute Gasteiger partial charge is 0.221 e. The molecule has 3 rings (SSSR count). The van der Waals surface area contributed by atoms with Crippen LogP contribution >= 0.6 is 0 Å².